The normalized spacial score (nSPS) is 10.3. The molecule has 2 aromatic heterocycles. The maximum Gasteiger partial charge on any atom is 0.251 e. The van der Waals surface area contributed by atoms with Crippen molar-refractivity contribution in [1.29, 1.82) is 0 Å². The van der Waals surface area contributed by atoms with E-state index in [9.17, 15) is 4.79 Å². The van der Waals surface area contributed by atoms with Crippen molar-refractivity contribution in [2.45, 2.75) is 13.8 Å². The third-order valence-corrected chi connectivity index (χ3v) is 2.28. The van der Waals surface area contributed by atoms with E-state index in [1.165, 1.54) is 10.9 Å². The maximum atomic E-state index is 11.0. The Balaban J connectivity index is 2.39. The number of nitrogens with zero attached hydrogens (tertiary/aromatic N) is 4. The zero-order chi connectivity index (χ0) is 13.1. The Bertz CT molecular complexity index is 577. The van der Waals surface area contributed by atoms with E-state index in [4.69, 9.17) is 5.73 Å². The van der Waals surface area contributed by atoms with Gasteiger partial charge in [-0.25, -0.2) is 14.6 Å². The zero-order valence-corrected chi connectivity index (χ0v) is 10.2. The maximum absolute atomic E-state index is 11.0. The number of rotatable bonds is 4. The van der Waals surface area contributed by atoms with Gasteiger partial charge in [0.25, 0.3) is 5.91 Å². The molecule has 2 rings (SSSR count). The summed E-state index contributed by atoms with van der Waals surface area (Å²) >= 11 is 0. The summed E-state index contributed by atoms with van der Waals surface area (Å²) in [5, 5.41) is 7.15. The van der Waals surface area contributed by atoms with E-state index >= 15 is 0 Å². The van der Waals surface area contributed by atoms with Crippen LogP contribution in [0.1, 0.15) is 23.1 Å². The second-order valence-corrected chi connectivity index (χ2v) is 3.73. The van der Waals surface area contributed by atoms with E-state index in [1.807, 2.05) is 6.92 Å². The topological polar surface area (TPSA) is 98.7 Å². The number of carbonyl (C=O) groups is 1. The van der Waals surface area contributed by atoms with Gasteiger partial charge in [-0.1, -0.05) is 0 Å². The average Bonchev–Trinajstić information content (AvgIpc) is 2.78. The molecule has 0 radical (unpaired) electrons. The molecule has 94 valence electrons. The fourth-order valence-corrected chi connectivity index (χ4v) is 1.52. The molecule has 0 unspecified atom stereocenters. The van der Waals surface area contributed by atoms with E-state index in [0.29, 0.717) is 17.2 Å². The molecule has 7 nitrogen and oxygen atoms in total. The van der Waals surface area contributed by atoms with Gasteiger partial charge < -0.3 is 11.1 Å². The van der Waals surface area contributed by atoms with Crippen LogP contribution in [0.25, 0.3) is 5.82 Å². The molecule has 0 aromatic carbocycles. The van der Waals surface area contributed by atoms with Gasteiger partial charge in [-0.15, -0.1) is 0 Å². The fourth-order valence-electron chi connectivity index (χ4n) is 1.52. The summed E-state index contributed by atoms with van der Waals surface area (Å²) in [5.74, 6) is 1.42. The fraction of sp³-hybridized carbons (Fsp3) is 0.273. The zero-order valence-electron chi connectivity index (χ0n) is 10.2. The Morgan fingerprint density at radius 2 is 2.28 bits per heavy atom. The molecular formula is C11H14N6O. The first-order valence-electron chi connectivity index (χ1n) is 5.54. The van der Waals surface area contributed by atoms with Crippen molar-refractivity contribution in [2.75, 3.05) is 11.9 Å². The Morgan fingerprint density at radius 1 is 1.50 bits per heavy atom. The highest BCUT2D eigenvalue weighted by Gasteiger charge is 2.08. The standard InChI is InChI=1S/C11H14N6O/c1-3-13-9-4-10(16-7(2)15-9)17-6-8(5-14-17)11(12)18/h4-6H,3H2,1-2H3,(H2,12,18)(H,13,15,16). The number of hydrogen-bond donors (Lipinski definition) is 2. The predicted octanol–water partition coefficient (Wildman–Crippen LogP) is 0.501. The lowest BCUT2D eigenvalue weighted by atomic mass is 10.3. The van der Waals surface area contributed by atoms with Crippen molar-refractivity contribution in [1.82, 2.24) is 19.7 Å². The number of amides is 1. The van der Waals surface area contributed by atoms with Crippen molar-refractivity contribution >= 4 is 11.7 Å². The molecule has 0 aliphatic heterocycles. The van der Waals surface area contributed by atoms with Crippen LogP contribution in [0.2, 0.25) is 0 Å². The second-order valence-electron chi connectivity index (χ2n) is 3.73. The van der Waals surface area contributed by atoms with E-state index in [0.717, 1.165) is 12.4 Å². The minimum Gasteiger partial charge on any atom is -0.370 e. The second kappa shape index (κ2) is 4.82. The lowest BCUT2D eigenvalue weighted by Gasteiger charge is -2.06. The van der Waals surface area contributed by atoms with Crippen LogP contribution in [0, 0.1) is 6.92 Å². The van der Waals surface area contributed by atoms with E-state index in [-0.39, 0.29) is 0 Å². The van der Waals surface area contributed by atoms with Crippen molar-refractivity contribution in [3.63, 3.8) is 0 Å². The third-order valence-electron chi connectivity index (χ3n) is 2.28. The van der Waals surface area contributed by atoms with Gasteiger partial charge >= 0.3 is 0 Å². The molecule has 0 aliphatic rings. The summed E-state index contributed by atoms with van der Waals surface area (Å²) in [6.45, 7) is 4.54. The Labute approximate surface area is 104 Å². The number of aryl methyl sites for hydroxylation is 1. The monoisotopic (exact) mass is 246 g/mol. The number of nitrogens with two attached hydrogens (primary N) is 1. The molecule has 18 heavy (non-hydrogen) atoms. The minimum absolute atomic E-state index is 0.344. The molecule has 0 atom stereocenters. The minimum atomic E-state index is -0.515. The van der Waals surface area contributed by atoms with Crippen LogP contribution >= 0.6 is 0 Å². The van der Waals surface area contributed by atoms with Crippen LogP contribution in [-0.2, 0) is 0 Å². The van der Waals surface area contributed by atoms with Gasteiger partial charge in [0.1, 0.15) is 11.6 Å². The van der Waals surface area contributed by atoms with Gasteiger partial charge in [-0.05, 0) is 13.8 Å². The molecule has 0 aliphatic carbocycles. The van der Waals surface area contributed by atoms with Crippen molar-refractivity contribution in [3.8, 4) is 5.82 Å². The van der Waals surface area contributed by atoms with Crippen LogP contribution in [0.4, 0.5) is 5.82 Å². The summed E-state index contributed by atoms with van der Waals surface area (Å²) in [6.07, 6.45) is 2.95. The number of anilines is 1. The Morgan fingerprint density at radius 3 is 2.89 bits per heavy atom. The van der Waals surface area contributed by atoms with E-state index in [2.05, 4.69) is 20.4 Å². The highest BCUT2D eigenvalue weighted by atomic mass is 16.1. The van der Waals surface area contributed by atoms with Crippen LogP contribution in [0.3, 0.4) is 0 Å². The molecule has 1 amide bonds. The van der Waals surface area contributed by atoms with Gasteiger partial charge in [0.15, 0.2) is 5.82 Å². The number of hydrogen-bond acceptors (Lipinski definition) is 5. The lowest BCUT2D eigenvalue weighted by molar-refractivity contribution is 0.100. The van der Waals surface area contributed by atoms with Gasteiger partial charge in [0.05, 0.1) is 11.8 Å². The number of aromatic nitrogens is 4. The first kappa shape index (κ1) is 12.0. The summed E-state index contributed by atoms with van der Waals surface area (Å²) in [4.78, 5) is 19.5. The Hall–Kier alpha value is -2.44. The quantitative estimate of drug-likeness (QED) is 0.818. The molecule has 3 N–H and O–H groups in total. The first-order chi connectivity index (χ1) is 8.60. The van der Waals surface area contributed by atoms with Crippen LogP contribution in [-0.4, -0.2) is 32.2 Å². The summed E-state index contributed by atoms with van der Waals surface area (Å²) < 4.78 is 1.50. The van der Waals surface area contributed by atoms with Gasteiger partial charge in [0, 0.05) is 18.8 Å². The van der Waals surface area contributed by atoms with Gasteiger partial charge in [0.2, 0.25) is 0 Å². The van der Waals surface area contributed by atoms with Crippen LogP contribution < -0.4 is 11.1 Å². The average molecular weight is 246 g/mol. The van der Waals surface area contributed by atoms with Gasteiger partial charge in [-0.3, -0.25) is 4.79 Å². The highest BCUT2D eigenvalue weighted by molar-refractivity contribution is 5.92. The number of primary amides is 1. The Kier molecular flexibility index (Phi) is 3.22. The summed E-state index contributed by atoms with van der Waals surface area (Å²) in [7, 11) is 0. The molecule has 0 saturated heterocycles. The van der Waals surface area contributed by atoms with Crippen LogP contribution in [0.15, 0.2) is 18.5 Å². The SMILES string of the molecule is CCNc1cc(-n2cc(C(N)=O)cn2)nc(C)n1. The van der Waals surface area contributed by atoms with Crippen LogP contribution in [0.5, 0.6) is 0 Å². The largest absolute Gasteiger partial charge is 0.370 e. The first-order valence-corrected chi connectivity index (χ1v) is 5.54. The lowest BCUT2D eigenvalue weighted by Crippen LogP contribution is -2.10. The van der Waals surface area contributed by atoms with Gasteiger partial charge in [-0.2, -0.15) is 5.10 Å². The molecule has 2 heterocycles. The molecule has 0 fully saturated rings. The van der Waals surface area contributed by atoms with E-state index < -0.39 is 5.91 Å². The molecule has 7 heteroatoms. The molecule has 0 bridgehead atoms. The third kappa shape index (κ3) is 2.45. The number of nitrogens with one attached hydrogen (secondary N) is 1. The smallest absolute Gasteiger partial charge is 0.251 e. The molecule has 2 aromatic rings. The highest BCUT2D eigenvalue weighted by Crippen LogP contribution is 2.11. The van der Waals surface area contributed by atoms with Crippen molar-refractivity contribution in [2.24, 2.45) is 5.73 Å². The molecule has 0 spiro atoms. The van der Waals surface area contributed by atoms with Crippen molar-refractivity contribution < 1.29 is 4.79 Å². The van der Waals surface area contributed by atoms with E-state index in [1.54, 1.807) is 19.2 Å². The number of carbonyl (C=O) groups excluding carboxylic acids is 1. The summed E-state index contributed by atoms with van der Waals surface area (Å²) in [5.41, 5.74) is 5.52. The van der Waals surface area contributed by atoms with Crippen molar-refractivity contribution in [3.05, 3.63) is 29.8 Å². The molecule has 0 saturated carbocycles. The summed E-state index contributed by atoms with van der Waals surface area (Å²) in [6, 6.07) is 1.76. The molecular weight excluding hydrogens is 232 g/mol. The predicted molar refractivity (Wildman–Crippen MR) is 66.6 cm³/mol.